The Hall–Kier alpha value is -2.04. The number of amides is 2. The van der Waals surface area contributed by atoms with Gasteiger partial charge in [0, 0.05) is 24.3 Å². The molecule has 5 nitrogen and oxygen atoms in total. The van der Waals surface area contributed by atoms with Gasteiger partial charge >= 0.3 is 0 Å². The predicted octanol–water partition coefficient (Wildman–Crippen LogP) is 0.928. The molecule has 0 bridgehead atoms. The first-order valence-corrected chi connectivity index (χ1v) is 6.49. The number of hydrogen-bond acceptors (Lipinski definition) is 3. The lowest BCUT2D eigenvalue weighted by Gasteiger charge is -2.34. The monoisotopic (exact) mass is 261 g/mol. The lowest BCUT2D eigenvalue weighted by Crippen LogP contribution is -2.57. The number of hydrogen-bond donors (Lipinski definition) is 2. The van der Waals surface area contributed by atoms with Crippen molar-refractivity contribution in [3.63, 3.8) is 0 Å². The van der Waals surface area contributed by atoms with E-state index in [0.717, 1.165) is 5.56 Å². The fraction of sp³-hybridized carbons (Fsp3) is 0.429. The molecule has 1 aliphatic heterocycles. The van der Waals surface area contributed by atoms with E-state index in [9.17, 15) is 9.59 Å². The molecule has 0 spiro atoms. The average molecular weight is 261 g/mol. The van der Waals surface area contributed by atoms with Crippen LogP contribution >= 0.6 is 0 Å². The number of nitrogens with zero attached hydrogens (tertiary/aromatic N) is 1. The van der Waals surface area contributed by atoms with E-state index in [4.69, 9.17) is 5.73 Å². The molecule has 1 aliphatic rings. The molecule has 3 N–H and O–H groups in total. The van der Waals surface area contributed by atoms with Crippen LogP contribution in [0.15, 0.2) is 18.2 Å². The van der Waals surface area contributed by atoms with Gasteiger partial charge in [0.2, 0.25) is 5.91 Å². The molecule has 2 amide bonds. The van der Waals surface area contributed by atoms with Gasteiger partial charge in [-0.15, -0.1) is 0 Å². The molecular weight excluding hydrogens is 242 g/mol. The van der Waals surface area contributed by atoms with Crippen molar-refractivity contribution in [2.24, 2.45) is 0 Å². The summed E-state index contributed by atoms with van der Waals surface area (Å²) in [4.78, 5) is 26.0. The lowest BCUT2D eigenvalue weighted by atomic mass is 10.0. The highest BCUT2D eigenvalue weighted by Gasteiger charge is 2.32. The molecular formula is C14H19N3O2. The van der Waals surface area contributed by atoms with Crippen LogP contribution < -0.4 is 11.1 Å². The molecule has 19 heavy (non-hydrogen) atoms. The fourth-order valence-electron chi connectivity index (χ4n) is 2.45. The summed E-state index contributed by atoms with van der Waals surface area (Å²) in [6.45, 7) is 4.82. The van der Waals surface area contributed by atoms with Crippen LogP contribution in [0.2, 0.25) is 0 Å². The minimum absolute atomic E-state index is 0.0739. The second-order valence-corrected chi connectivity index (χ2v) is 4.79. The summed E-state index contributed by atoms with van der Waals surface area (Å²) in [6.07, 6.45) is 0.617. The van der Waals surface area contributed by atoms with E-state index in [1.807, 2.05) is 13.8 Å². The summed E-state index contributed by atoms with van der Waals surface area (Å²) >= 11 is 0. The molecule has 0 aliphatic carbocycles. The van der Waals surface area contributed by atoms with Crippen LogP contribution in [0.3, 0.4) is 0 Å². The van der Waals surface area contributed by atoms with Crippen molar-refractivity contribution < 1.29 is 9.59 Å². The second-order valence-electron chi connectivity index (χ2n) is 4.79. The molecule has 1 heterocycles. The number of aryl methyl sites for hydroxylation is 1. The molecule has 1 atom stereocenters. The van der Waals surface area contributed by atoms with Crippen LogP contribution in [0.4, 0.5) is 5.69 Å². The summed E-state index contributed by atoms with van der Waals surface area (Å²) in [5.74, 6) is -0.172. The van der Waals surface area contributed by atoms with Gasteiger partial charge < -0.3 is 16.0 Å². The number of carbonyl (C=O) groups excluding carboxylic acids is 2. The van der Waals surface area contributed by atoms with Gasteiger partial charge in [-0.25, -0.2) is 0 Å². The van der Waals surface area contributed by atoms with Crippen molar-refractivity contribution in [2.75, 3.05) is 18.8 Å². The van der Waals surface area contributed by atoms with Gasteiger partial charge in [0.25, 0.3) is 5.91 Å². The highest BCUT2D eigenvalue weighted by molar-refractivity contribution is 5.99. The zero-order chi connectivity index (χ0) is 14.0. The number of anilines is 1. The van der Waals surface area contributed by atoms with Crippen molar-refractivity contribution in [3.8, 4) is 0 Å². The number of nitrogen functional groups attached to an aromatic ring is 1. The van der Waals surface area contributed by atoms with E-state index in [1.54, 1.807) is 23.1 Å². The maximum Gasteiger partial charge on any atom is 0.254 e. The third-order valence-electron chi connectivity index (χ3n) is 3.46. The summed E-state index contributed by atoms with van der Waals surface area (Å²) in [6, 6.07) is 4.84. The van der Waals surface area contributed by atoms with E-state index in [1.165, 1.54) is 0 Å². The Bertz CT molecular complexity index is 513. The van der Waals surface area contributed by atoms with Crippen molar-refractivity contribution in [1.82, 2.24) is 10.2 Å². The number of nitrogens with one attached hydrogen (secondary N) is 1. The van der Waals surface area contributed by atoms with Gasteiger partial charge in [0.05, 0.1) is 0 Å². The van der Waals surface area contributed by atoms with Crippen LogP contribution in [0.5, 0.6) is 0 Å². The van der Waals surface area contributed by atoms with Crippen molar-refractivity contribution in [3.05, 3.63) is 29.3 Å². The molecule has 1 unspecified atom stereocenters. The Labute approximate surface area is 112 Å². The maximum absolute atomic E-state index is 12.6. The van der Waals surface area contributed by atoms with E-state index in [2.05, 4.69) is 5.32 Å². The summed E-state index contributed by atoms with van der Waals surface area (Å²) < 4.78 is 0. The third kappa shape index (κ3) is 2.54. The van der Waals surface area contributed by atoms with Gasteiger partial charge in [-0.1, -0.05) is 6.92 Å². The lowest BCUT2D eigenvalue weighted by molar-refractivity contribution is -0.127. The topological polar surface area (TPSA) is 75.4 Å². The number of carbonyl (C=O) groups is 2. The Morgan fingerprint density at radius 2 is 2.26 bits per heavy atom. The van der Waals surface area contributed by atoms with Gasteiger partial charge in [-0.05, 0) is 37.1 Å². The minimum Gasteiger partial charge on any atom is -0.399 e. The molecule has 2 rings (SSSR count). The molecule has 1 aromatic rings. The highest BCUT2D eigenvalue weighted by Crippen LogP contribution is 2.18. The quantitative estimate of drug-likeness (QED) is 0.778. The molecule has 1 saturated heterocycles. The molecule has 1 fully saturated rings. The zero-order valence-electron chi connectivity index (χ0n) is 11.3. The van der Waals surface area contributed by atoms with Crippen molar-refractivity contribution in [1.29, 1.82) is 0 Å². The molecule has 102 valence electrons. The Balaban J connectivity index is 2.29. The van der Waals surface area contributed by atoms with E-state index < -0.39 is 0 Å². The molecule has 0 saturated carbocycles. The number of benzene rings is 1. The first-order chi connectivity index (χ1) is 9.04. The van der Waals surface area contributed by atoms with Crippen molar-refractivity contribution >= 4 is 17.5 Å². The largest absolute Gasteiger partial charge is 0.399 e. The van der Waals surface area contributed by atoms with Crippen LogP contribution in [0.1, 0.15) is 29.3 Å². The highest BCUT2D eigenvalue weighted by atomic mass is 16.2. The maximum atomic E-state index is 12.6. The first-order valence-electron chi connectivity index (χ1n) is 6.49. The standard InChI is InChI=1S/C14H19N3O2/c1-3-12-13(18)16-6-7-17(12)14(19)11-5-4-10(15)8-9(11)2/h4-5,8,12H,3,6-7,15H2,1-2H3,(H,16,18). The normalized spacial score (nSPS) is 19.2. The summed E-state index contributed by atoms with van der Waals surface area (Å²) in [5, 5.41) is 2.79. The number of rotatable bonds is 2. The first kappa shape index (κ1) is 13.4. The van der Waals surface area contributed by atoms with Crippen LogP contribution in [-0.4, -0.2) is 35.8 Å². The fourth-order valence-corrected chi connectivity index (χ4v) is 2.45. The zero-order valence-corrected chi connectivity index (χ0v) is 11.3. The minimum atomic E-state index is -0.377. The Morgan fingerprint density at radius 3 is 2.89 bits per heavy atom. The number of piperazine rings is 1. The molecule has 5 heteroatoms. The number of nitrogens with two attached hydrogens (primary N) is 1. The smallest absolute Gasteiger partial charge is 0.254 e. The Kier molecular flexibility index (Phi) is 3.74. The van der Waals surface area contributed by atoms with Crippen LogP contribution in [-0.2, 0) is 4.79 Å². The molecule has 0 radical (unpaired) electrons. The van der Waals surface area contributed by atoms with E-state index in [0.29, 0.717) is 30.8 Å². The van der Waals surface area contributed by atoms with Crippen molar-refractivity contribution in [2.45, 2.75) is 26.3 Å². The SMILES string of the molecule is CCC1C(=O)NCCN1C(=O)c1ccc(N)cc1C. The third-order valence-corrected chi connectivity index (χ3v) is 3.46. The van der Waals surface area contributed by atoms with Gasteiger partial charge in [0.1, 0.15) is 6.04 Å². The summed E-state index contributed by atoms with van der Waals surface area (Å²) in [7, 11) is 0. The van der Waals surface area contributed by atoms with Gasteiger partial charge in [0.15, 0.2) is 0 Å². The van der Waals surface area contributed by atoms with Gasteiger partial charge in [-0.2, -0.15) is 0 Å². The van der Waals surface area contributed by atoms with Gasteiger partial charge in [-0.3, -0.25) is 9.59 Å². The van der Waals surface area contributed by atoms with Crippen LogP contribution in [0.25, 0.3) is 0 Å². The summed E-state index contributed by atoms with van der Waals surface area (Å²) in [5.41, 5.74) is 7.78. The molecule has 1 aromatic carbocycles. The van der Waals surface area contributed by atoms with Crippen LogP contribution in [0, 0.1) is 6.92 Å². The average Bonchev–Trinajstić information content (AvgIpc) is 2.37. The predicted molar refractivity (Wildman–Crippen MR) is 73.7 cm³/mol. The Morgan fingerprint density at radius 1 is 1.53 bits per heavy atom. The van der Waals surface area contributed by atoms with E-state index >= 15 is 0 Å². The second kappa shape index (κ2) is 5.30. The molecule has 0 aromatic heterocycles. The van der Waals surface area contributed by atoms with E-state index in [-0.39, 0.29) is 17.9 Å².